The molecule has 1 rings (SSSR count). The lowest BCUT2D eigenvalue weighted by atomic mass is 10.0. The highest BCUT2D eigenvalue weighted by atomic mass is 28.3. The van der Waals surface area contributed by atoms with Crippen LogP contribution in [0.15, 0.2) is 24.3 Å². The average molecular weight is 281 g/mol. The average Bonchev–Trinajstić information content (AvgIpc) is 2.34. The highest BCUT2D eigenvalue weighted by Gasteiger charge is 2.21. The number of carbonyl (C=O) groups is 1. The first-order valence-corrected chi connectivity index (χ1v) is 9.93. The second kappa shape index (κ2) is 6.32. The second-order valence-electron chi connectivity index (χ2n) is 5.82. The molecule has 4 nitrogen and oxygen atoms in total. The smallest absolute Gasteiger partial charge is 0.216 e. The first-order valence-electron chi connectivity index (χ1n) is 6.43. The zero-order valence-corrected chi connectivity index (χ0v) is 13.0. The number of rotatable bonds is 5. The summed E-state index contributed by atoms with van der Waals surface area (Å²) in [5.74, 6) is -0.220. The van der Waals surface area contributed by atoms with Crippen LogP contribution in [0, 0.1) is 0 Å². The van der Waals surface area contributed by atoms with Gasteiger partial charge in [-0.25, -0.2) is 0 Å². The van der Waals surface area contributed by atoms with Crippen molar-refractivity contribution in [1.82, 2.24) is 5.32 Å². The molecule has 3 N–H and O–H groups in total. The lowest BCUT2D eigenvalue weighted by Crippen LogP contribution is -2.38. The van der Waals surface area contributed by atoms with E-state index in [9.17, 15) is 15.0 Å². The van der Waals surface area contributed by atoms with Crippen LogP contribution >= 0.6 is 0 Å². The maximum Gasteiger partial charge on any atom is 0.216 e. The van der Waals surface area contributed by atoms with Gasteiger partial charge >= 0.3 is 0 Å². The van der Waals surface area contributed by atoms with Crippen molar-refractivity contribution in [3.8, 4) is 0 Å². The van der Waals surface area contributed by atoms with E-state index in [-0.39, 0.29) is 12.5 Å². The predicted molar refractivity (Wildman–Crippen MR) is 79.1 cm³/mol. The molecule has 0 aliphatic carbocycles. The van der Waals surface area contributed by atoms with Crippen molar-refractivity contribution in [1.29, 1.82) is 0 Å². The fraction of sp³-hybridized carbons (Fsp3) is 0.500. The highest BCUT2D eigenvalue weighted by Crippen LogP contribution is 2.16. The predicted octanol–water partition coefficient (Wildman–Crippen LogP) is 0.762. The van der Waals surface area contributed by atoms with Crippen LogP contribution in [0.1, 0.15) is 18.6 Å². The van der Waals surface area contributed by atoms with Crippen molar-refractivity contribution < 1.29 is 15.0 Å². The number of aliphatic hydroxyl groups excluding tert-OH is 2. The van der Waals surface area contributed by atoms with Gasteiger partial charge in [-0.3, -0.25) is 4.79 Å². The van der Waals surface area contributed by atoms with E-state index in [1.54, 1.807) is 6.07 Å². The van der Waals surface area contributed by atoms with Crippen LogP contribution < -0.4 is 10.5 Å². The first-order chi connectivity index (χ1) is 8.71. The monoisotopic (exact) mass is 281 g/mol. The van der Waals surface area contributed by atoms with Gasteiger partial charge in [-0.05, 0) is 5.56 Å². The van der Waals surface area contributed by atoms with Crippen molar-refractivity contribution in [2.24, 2.45) is 0 Å². The summed E-state index contributed by atoms with van der Waals surface area (Å²) in [5.41, 5.74) is 0.692. The Kier molecular flexibility index (Phi) is 5.28. The molecule has 0 aliphatic rings. The van der Waals surface area contributed by atoms with E-state index in [1.807, 2.05) is 12.1 Å². The Morgan fingerprint density at radius 2 is 1.95 bits per heavy atom. The summed E-state index contributed by atoms with van der Waals surface area (Å²) in [4.78, 5) is 10.8. The zero-order chi connectivity index (χ0) is 14.6. The molecule has 1 amide bonds. The third-order valence-corrected chi connectivity index (χ3v) is 5.06. The van der Waals surface area contributed by atoms with Crippen LogP contribution in [0.2, 0.25) is 19.6 Å². The van der Waals surface area contributed by atoms with Gasteiger partial charge < -0.3 is 15.5 Å². The number of nitrogens with one attached hydrogen (secondary N) is 1. The minimum Gasteiger partial charge on any atom is -0.388 e. The molecule has 0 radical (unpaired) electrons. The minimum atomic E-state index is -1.44. The van der Waals surface area contributed by atoms with Crippen LogP contribution in [0.3, 0.4) is 0 Å². The van der Waals surface area contributed by atoms with E-state index >= 15 is 0 Å². The third-order valence-electron chi connectivity index (χ3n) is 3.02. The molecule has 0 aromatic heterocycles. The molecule has 0 aliphatic heterocycles. The van der Waals surface area contributed by atoms with E-state index in [0.29, 0.717) is 5.56 Å². The molecule has 0 heterocycles. The van der Waals surface area contributed by atoms with Gasteiger partial charge in [-0.1, -0.05) is 49.1 Å². The quantitative estimate of drug-likeness (QED) is 0.698. The standard InChI is InChI=1S/C14H23NO3Si/c1-10(16)15-9-13(17)14(18)11-6-5-7-12(8-11)19(2,3)4/h5-8,13-14,17-18H,9H2,1-4H3,(H,15,16). The van der Waals surface area contributed by atoms with Gasteiger partial charge in [0, 0.05) is 13.5 Å². The Bertz CT molecular complexity index is 443. The molecular weight excluding hydrogens is 258 g/mol. The maximum absolute atomic E-state index is 10.8. The van der Waals surface area contributed by atoms with Crippen LogP contribution in [0.25, 0.3) is 0 Å². The fourth-order valence-electron chi connectivity index (χ4n) is 1.77. The lowest BCUT2D eigenvalue weighted by molar-refractivity contribution is -0.119. The number of hydrogen-bond donors (Lipinski definition) is 3. The summed E-state index contributed by atoms with van der Waals surface area (Å²) in [6, 6.07) is 7.71. The minimum absolute atomic E-state index is 0.0493. The molecule has 0 fully saturated rings. The third kappa shape index (κ3) is 4.78. The largest absolute Gasteiger partial charge is 0.388 e. The van der Waals surface area contributed by atoms with Gasteiger partial charge in [-0.15, -0.1) is 0 Å². The van der Waals surface area contributed by atoms with Crippen molar-refractivity contribution in [3.63, 3.8) is 0 Å². The van der Waals surface area contributed by atoms with Gasteiger partial charge in [0.15, 0.2) is 0 Å². The first kappa shape index (κ1) is 15.9. The molecule has 1 aromatic rings. The van der Waals surface area contributed by atoms with Crippen LogP contribution in [-0.2, 0) is 4.79 Å². The summed E-state index contributed by atoms with van der Waals surface area (Å²) in [6.07, 6.45) is -1.98. The van der Waals surface area contributed by atoms with E-state index in [0.717, 1.165) is 0 Å². The fourth-order valence-corrected chi connectivity index (χ4v) is 2.97. The van der Waals surface area contributed by atoms with Crippen molar-refractivity contribution in [3.05, 3.63) is 29.8 Å². The van der Waals surface area contributed by atoms with Gasteiger partial charge in [-0.2, -0.15) is 0 Å². The Balaban J connectivity index is 2.82. The van der Waals surface area contributed by atoms with Crippen molar-refractivity contribution in [2.45, 2.75) is 38.8 Å². The molecule has 0 saturated carbocycles. The molecule has 0 bridgehead atoms. The van der Waals surface area contributed by atoms with Gasteiger partial charge in [0.05, 0.1) is 8.07 Å². The number of carbonyl (C=O) groups excluding carboxylic acids is 1. The molecule has 1 aromatic carbocycles. The Morgan fingerprint density at radius 1 is 1.32 bits per heavy atom. The molecule has 106 valence electrons. The number of aliphatic hydroxyl groups is 2. The van der Waals surface area contributed by atoms with Crippen LogP contribution in [0.4, 0.5) is 0 Å². The van der Waals surface area contributed by atoms with Gasteiger partial charge in [0.2, 0.25) is 5.91 Å². The molecular formula is C14H23NO3Si. The van der Waals surface area contributed by atoms with Crippen LogP contribution in [0.5, 0.6) is 0 Å². The molecule has 19 heavy (non-hydrogen) atoms. The van der Waals surface area contributed by atoms with Gasteiger partial charge in [0.1, 0.15) is 12.2 Å². The molecule has 0 saturated heterocycles. The molecule has 2 atom stereocenters. The SMILES string of the molecule is CC(=O)NCC(O)C(O)c1cccc([Si](C)(C)C)c1. The number of hydrogen-bond acceptors (Lipinski definition) is 3. The summed E-state index contributed by atoms with van der Waals surface area (Å²) in [5, 5.41) is 23.7. The van der Waals surface area contributed by atoms with Crippen LogP contribution in [-0.4, -0.2) is 36.8 Å². The van der Waals surface area contributed by atoms with Gasteiger partial charge in [0.25, 0.3) is 0 Å². The summed E-state index contributed by atoms with van der Waals surface area (Å²) in [6.45, 7) is 8.11. The van der Waals surface area contributed by atoms with E-state index in [1.165, 1.54) is 12.1 Å². The molecule has 5 heteroatoms. The lowest BCUT2D eigenvalue weighted by Gasteiger charge is -2.22. The molecule has 0 spiro atoms. The van der Waals surface area contributed by atoms with Crippen molar-refractivity contribution >= 4 is 19.2 Å². The Morgan fingerprint density at radius 3 is 2.47 bits per heavy atom. The molecule has 2 unspecified atom stereocenters. The number of benzene rings is 1. The topological polar surface area (TPSA) is 69.6 Å². The highest BCUT2D eigenvalue weighted by molar-refractivity contribution is 6.88. The Hall–Kier alpha value is -1.17. The summed E-state index contributed by atoms with van der Waals surface area (Å²) < 4.78 is 0. The Labute approximate surface area is 115 Å². The van der Waals surface area contributed by atoms with Crippen molar-refractivity contribution in [2.75, 3.05) is 6.54 Å². The van der Waals surface area contributed by atoms with E-state index in [2.05, 4.69) is 31.0 Å². The zero-order valence-electron chi connectivity index (χ0n) is 12.0. The van der Waals surface area contributed by atoms with E-state index < -0.39 is 20.3 Å². The normalized spacial score (nSPS) is 14.8. The summed E-state index contributed by atoms with van der Waals surface area (Å²) in [7, 11) is -1.44. The summed E-state index contributed by atoms with van der Waals surface area (Å²) >= 11 is 0. The van der Waals surface area contributed by atoms with E-state index in [4.69, 9.17) is 0 Å². The second-order valence-corrected chi connectivity index (χ2v) is 10.9. The maximum atomic E-state index is 10.8. The number of amides is 1.